The van der Waals surface area contributed by atoms with Crippen molar-refractivity contribution < 1.29 is 9.53 Å². The van der Waals surface area contributed by atoms with E-state index < -0.39 is 0 Å². The fourth-order valence-electron chi connectivity index (χ4n) is 4.32. The van der Waals surface area contributed by atoms with E-state index in [9.17, 15) is 4.79 Å². The zero-order valence-electron chi connectivity index (χ0n) is 17.9. The van der Waals surface area contributed by atoms with Gasteiger partial charge < -0.3 is 9.64 Å². The molecule has 0 saturated carbocycles. The SMILES string of the molecule is CCOc1ccc(-n2c(SCC(=O)N3C(C)CCCC3C)nc3ccccc32)cc1. The fraction of sp³-hybridized carbons (Fsp3) is 0.417. The predicted molar refractivity (Wildman–Crippen MR) is 123 cm³/mol. The number of rotatable bonds is 6. The molecule has 0 N–H and O–H groups in total. The first-order chi connectivity index (χ1) is 14.6. The summed E-state index contributed by atoms with van der Waals surface area (Å²) >= 11 is 1.52. The maximum Gasteiger partial charge on any atom is 0.233 e. The summed E-state index contributed by atoms with van der Waals surface area (Å²) < 4.78 is 7.71. The lowest BCUT2D eigenvalue weighted by Gasteiger charge is -2.39. The number of ether oxygens (including phenoxy) is 1. The second kappa shape index (κ2) is 9.13. The smallest absolute Gasteiger partial charge is 0.233 e. The van der Waals surface area contributed by atoms with Gasteiger partial charge in [0.2, 0.25) is 5.91 Å². The third kappa shape index (κ3) is 4.19. The maximum absolute atomic E-state index is 13.0. The van der Waals surface area contributed by atoms with Gasteiger partial charge in [-0.15, -0.1) is 0 Å². The number of fused-ring (bicyclic) bond motifs is 1. The van der Waals surface area contributed by atoms with Gasteiger partial charge in [0.05, 0.1) is 23.4 Å². The first-order valence-corrected chi connectivity index (χ1v) is 11.7. The summed E-state index contributed by atoms with van der Waals surface area (Å²) in [6.45, 7) is 6.94. The van der Waals surface area contributed by atoms with Crippen molar-refractivity contribution in [2.75, 3.05) is 12.4 Å². The number of para-hydroxylation sites is 2. The van der Waals surface area contributed by atoms with E-state index >= 15 is 0 Å². The first kappa shape index (κ1) is 20.8. The highest BCUT2D eigenvalue weighted by Gasteiger charge is 2.29. The van der Waals surface area contributed by atoms with Crippen LogP contribution in [0.3, 0.4) is 0 Å². The first-order valence-electron chi connectivity index (χ1n) is 10.7. The van der Waals surface area contributed by atoms with Gasteiger partial charge in [-0.2, -0.15) is 0 Å². The number of hydrogen-bond acceptors (Lipinski definition) is 4. The van der Waals surface area contributed by atoms with Crippen LogP contribution in [-0.4, -0.2) is 44.8 Å². The number of nitrogens with zero attached hydrogens (tertiary/aromatic N) is 3. The van der Waals surface area contributed by atoms with Crippen molar-refractivity contribution in [1.82, 2.24) is 14.5 Å². The van der Waals surface area contributed by atoms with Crippen LogP contribution in [0.25, 0.3) is 16.7 Å². The lowest BCUT2D eigenvalue weighted by atomic mass is 9.98. The molecule has 2 heterocycles. The molecule has 30 heavy (non-hydrogen) atoms. The normalized spacial score (nSPS) is 19.2. The van der Waals surface area contributed by atoms with Crippen molar-refractivity contribution >= 4 is 28.7 Å². The quantitative estimate of drug-likeness (QED) is 0.505. The molecule has 2 aromatic carbocycles. The molecule has 5 nitrogen and oxygen atoms in total. The third-order valence-corrected chi connectivity index (χ3v) is 6.67. The summed E-state index contributed by atoms with van der Waals surface area (Å²) in [5, 5.41) is 0.839. The second-order valence-electron chi connectivity index (χ2n) is 7.86. The van der Waals surface area contributed by atoms with E-state index in [1.54, 1.807) is 0 Å². The molecule has 158 valence electrons. The fourth-order valence-corrected chi connectivity index (χ4v) is 5.22. The van der Waals surface area contributed by atoms with E-state index in [2.05, 4.69) is 29.4 Å². The van der Waals surface area contributed by atoms with Gasteiger partial charge in [-0.3, -0.25) is 9.36 Å². The molecule has 4 rings (SSSR count). The summed E-state index contributed by atoms with van der Waals surface area (Å²) in [7, 11) is 0. The Balaban J connectivity index is 1.61. The molecule has 2 atom stereocenters. The minimum Gasteiger partial charge on any atom is -0.494 e. The van der Waals surface area contributed by atoms with Gasteiger partial charge in [-0.05, 0) is 76.4 Å². The highest BCUT2D eigenvalue weighted by Crippen LogP contribution is 2.30. The number of piperidine rings is 1. The number of likely N-dealkylation sites (tertiary alicyclic amines) is 1. The molecule has 0 bridgehead atoms. The zero-order valence-corrected chi connectivity index (χ0v) is 18.7. The summed E-state index contributed by atoms with van der Waals surface area (Å²) in [5.41, 5.74) is 2.99. The summed E-state index contributed by atoms with van der Waals surface area (Å²) in [6, 6.07) is 16.8. The Bertz CT molecular complexity index is 1000. The molecule has 1 aliphatic rings. The van der Waals surface area contributed by atoms with E-state index in [-0.39, 0.29) is 5.91 Å². The van der Waals surface area contributed by atoms with Gasteiger partial charge in [0, 0.05) is 17.8 Å². The minimum absolute atomic E-state index is 0.199. The molecular weight excluding hydrogens is 394 g/mol. The van der Waals surface area contributed by atoms with Crippen LogP contribution in [0.5, 0.6) is 5.75 Å². The van der Waals surface area contributed by atoms with Gasteiger partial charge >= 0.3 is 0 Å². The second-order valence-corrected chi connectivity index (χ2v) is 8.81. The van der Waals surface area contributed by atoms with Crippen LogP contribution >= 0.6 is 11.8 Å². The highest BCUT2D eigenvalue weighted by molar-refractivity contribution is 7.99. The molecule has 1 saturated heterocycles. The van der Waals surface area contributed by atoms with Crippen LogP contribution < -0.4 is 4.74 Å². The maximum atomic E-state index is 13.0. The van der Waals surface area contributed by atoms with Crippen LogP contribution in [-0.2, 0) is 4.79 Å². The van der Waals surface area contributed by atoms with Crippen LogP contribution in [0.2, 0.25) is 0 Å². The molecule has 1 aliphatic heterocycles. The Morgan fingerprint density at radius 2 is 1.80 bits per heavy atom. The Morgan fingerprint density at radius 3 is 2.50 bits per heavy atom. The van der Waals surface area contributed by atoms with E-state index in [0.29, 0.717) is 24.4 Å². The molecular formula is C24H29N3O2S. The van der Waals surface area contributed by atoms with Gasteiger partial charge in [0.25, 0.3) is 0 Å². The molecule has 1 fully saturated rings. The molecule has 0 radical (unpaired) electrons. The molecule has 3 aromatic rings. The summed E-state index contributed by atoms with van der Waals surface area (Å²) in [5.74, 6) is 1.45. The number of carbonyl (C=O) groups is 1. The largest absolute Gasteiger partial charge is 0.494 e. The minimum atomic E-state index is 0.199. The van der Waals surface area contributed by atoms with Crippen molar-refractivity contribution in [3.8, 4) is 11.4 Å². The van der Waals surface area contributed by atoms with Crippen LogP contribution in [0.1, 0.15) is 40.0 Å². The number of benzene rings is 2. The Kier molecular flexibility index (Phi) is 6.32. The molecule has 1 aromatic heterocycles. The number of hydrogen-bond donors (Lipinski definition) is 0. The molecule has 0 spiro atoms. The number of carbonyl (C=O) groups excluding carboxylic acids is 1. The van der Waals surface area contributed by atoms with E-state index in [1.165, 1.54) is 18.2 Å². The lowest BCUT2D eigenvalue weighted by molar-refractivity contribution is -0.134. The van der Waals surface area contributed by atoms with Gasteiger partial charge in [0.15, 0.2) is 5.16 Å². The van der Waals surface area contributed by atoms with Crippen LogP contribution in [0.15, 0.2) is 53.7 Å². The van der Waals surface area contributed by atoms with Crippen molar-refractivity contribution in [3.63, 3.8) is 0 Å². The monoisotopic (exact) mass is 423 g/mol. The number of aromatic nitrogens is 2. The van der Waals surface area contributed by atoms with E-state index in [4.69, 9.17) is 9.72 Å². The Morgan fingerprint density at radius 1 is 1.10 bits per heavy atom. The van der Waals surface area contributed by atoms with E-state index in [1.807, 2.05) is 49.4 Å². The van der Waals surface area contributed by atoms with Gasteiger partial charge in [-0.1, -0.05) is 23.9 Å². The zero-order chi connectivity index (χ0) is 21.1. The van der Waals surface area contributed by atoms with Gasteiger partial charge in [0.1, 0.15) is 5.75 Å². The van der Waals surface area contributed by atoms with Crippen molar-refractivity contribution in [2.24, 2.45) is 0 Å². The average molecular weight is 424 g/mol. The van der Waals surface area contributed by atoms with Crippen LogP contribution in [0, 0.1) is 0 Å². The molecule has 0 aliphatic carbocycles. The predicted octanol–water partition coefficient (Wildman–Crippen LogP) is 5.31. The van der Waals surface area contributed by atoms with E-state index in [0.717, 1.165) is 40.5 Å². The topological polar surface area (TPSA) is 47.4 Å². The van der Waals surface area contributed by atoms with Crippen molar-refractivity contribution in [3.05, 3.63) is 48.5 Å². The standard InChI is InChI=1S/C24H29N3O2S/c1-4-29-20-14-12-19(13-15-20)27-22-11-6-5-10-21(22)25-24(27)30-16-23(28)26-17(2)8-7-9-18(26)3/h5-6,10-15,17-18H,4,7-9,16H2,1-3H3. The summed E-state index contributed by atoms with van der Waals surface area (Å²) in [4.78, 5) is 19.9. The molecule has 1 amide bonds. The lowest BCUT2D eigenvalue weighted by Crippen LogP contribution is -2.48. The molecule has 2 unspecified atom stereocenters. The van der Waals surface area contributed by atoms with Gasteiger partial charge in [-0.25, -0.2) is 4.98 Å². The Labute approximate surface area is 182 Å². The average Bonchev–Trinajstić information content (AvgIpc) is 3.11. The number of thioether (sulfide) groups is 1. The number of amides is 1. The van der Waals surface area contributed by atoms with Crippen LogP contribution in [0.4, 0.5) is 0 Å². The number of imidazole rings is 1. The third-order valence-electron chi connectivity index (χ3n) is 5.74. The highest BCUT2D eigenvalue weighted by atomic mass is 32.2. The van der Waals surface area contributed by atoms with Crippen molar-refractivity contribution in [2.45, 2.75) is 57.3 Å². The molecule has 6 heteroatoms. The Hall–Kier alpha value is -2.47. The summed E-state index contributed by atoms with van der Waals surface area (Å²) in [6.07, 6.45) is 3.38. The van der Waals surface area contributed by atoms with Crippen molar-refractivity contribution in [1.29, 1.82) is 0 Å².